The fraction of sp³-hybridized carbons (Fsp3) is 1.00. The molecule has 1 saturated carbocycles. The highest BCUT2D eigenvalue weighted by Crippen LogP contribution is 2.44. The lowest BCUT2D eigenvalue weighted by molar-refractivity contribution is 0.123. The summed E-state index contributed by atoms with van der Waals surface area (Å²) < 4.78 is 0. The minimum Gasteiger partial charge on any atom is -0.330 e. The second-order valence-corrected chi connectivity index (χ2v) is 4.21. The first-order chi connectivity index (χ1) is 4.66. The van der Waals surface area contributed by atoms with Crippen LogP contribution in [0, 0.1) is 11.3 Å². The van der Waals surface area contributed by atoms with Crippen molar-refractivity contribution in [3.63, 3.8) is 0 Å². The normalized spacial score (nSPS) is 25.5. The Kier molecular flexibility index (Phi) is 2.35. The Morgan fingerprint density at radius 3 is 2.40 bits per heavy atom. The van der Waals surface area contributed by atoms with Gasteiger partial charge in [0.1, 0.15) is 0 Å². The van der Waals surface area contributed by atoms with Gasteiger partial charge in [-0.15, -0.1) is 0 Å². The lowest BCUT2D eigenvalue weighted by Crippen LogP contribution is -2.29. The maximum absolute atomic E-state index is 5.56. The number of rotatable bonds is 3. The fourth-order valence-corrected chi connectivity index (χ4v) is 1.91. The Bertz CT molecular complexity index is 105. The van der Waals surface area contributed by atoms with Crippen molar-refractivity contribution < 1.29 is 0 Å². The Morgan fingerprint density at radius 1 is 1.50 bits per heavy atom. The summed E-state index contributed by atoms with van der Waals surface area (Å²) in [5, 5.41) is 0. The summed E-state index contributed by atoms with van der Waals surface area (Å²) in [6, 6.07) is 0. The van der Waals surface area contributed by atoms with Crippen LogP contribution in [0.3, 0.4) is 0 Å². The van der Waals surface area contributed by atoms with E-state index in [4.69, 9.17) is 5.73 Å². The molecule has 1 nitrogen and oxygen atoms in total. The van der Waals surface area contributed by atoms with Crippen LogP contribution >= 0.6 is 0 Å². The monoisotopic (exact) mass is 141 g/mol. The van der Waals surface area contributed by atoms with Gasteiger partial charge in [-0.2, -0.15) is 0 Å². The van der Waals surface area contributed by atoms with Gasteiger partial charge in [0.2, 0.25) is 0 Å². The molecule has 2 N–H and O–H groups in total. The molecular formula is C9H19N. The molecule has 0 heterocycles. The molecule has 0 aromatic carbocycles. The van der Waals surface area contributed by atoms with Crippen molar-refractivity contribution in [2.75, 3.05) is 6.54 Å². The van der Waals surface area contributed by atoms with Gasteiger partial charge in [-0.3, -0.25) is 0 Å². The number of hydrogen-bond donors (Lipinski definition) is 1. The smallest absolute Gasteiger partial charge is 0.00513 e. The van der Waals surface area contributed by atoms with Crippen molar-refractivity contribution in [1.29, 1.82) is 0 Å². The van der Waals surface area contributed by atoms with Crippen LogP contribution in [0.2, 0.25) is 0 Å². The van der Waals surface area contributed by atoms with Gasteiger partial charge in [0.25, 0.3) is 0 Å². The van der Waals surface area contributed by atoms with Crippen LogP contribution in [-0.2, 0) is 0 Å². The summed E-state index contributed by atoms with van der Waals surface area (Å²) in [6.45, 7) is 5.50. The molecule has 60 valence electrons. The summed E-state index contributed by atoms with van der Waals surface area (Å²) in [5.74, 6) is 0.727. The predicted molar refractivity (Wildman–Crippen MR) is 44.8 cm³/mol. The fourth-order valence-electron chi connectivity index (χ4n) is 1.91. The van der Waals surface area contributed by atoms with Crippen LogP contribution in [0.5, 0.6) is 0 Å². The van der Waals surface area contributed by atoms with Gasteiger partial charge in [-0.25, -0.2) is 0 Å². The van der Waals surface area contributed by atoms with E-state index in [9.17, 15) is 0 Å². The van der Waals surface area contributed by atoms with E-state index < -0.39 is 0 Å². The molecule has 1 aliphatic carbocycles. The highest BCUT2D eigenvalue weighted by Gasteiger charge is 2.32. The molecule has 0 radical (unpaired) electrons. The first kappa shape index (κ1) is 8.06. The van der Waals surface area contributed by atoms with Crippen molar-refractivity contribution in [1.82, 2.24) is 0 Å². The number of hydrogen-bond acceptors (Lipinski definition) is 1. The molecule has 0 amide bonds. The molecule has 1 rings (SSSR count). The van der Waals surface area contributed by atoms with E-state index in [1.807, 2.05) is 0 Å². The lowest BCUT2D eigenvalue weighted by atomic mass is 9.66. The lowest BCUT2D eigenvalue weighted by Gasteiger charge is -2.40. The van der Waals surface area contributed by atoms with Gasteiger partial charge in [0.05, 0.1) is 0 Å². The molecule has 0 aliphatic heterocycles. The topological polar surface area (TPSA) is 26.0 Å². The van der Waals surface area contributed by atoms with E-state index in [2.05, 4.69) is 13.8 Å². The molecule has 0 spiro atoms. The van der Waals surface area contributed by atoms with Gasteiger partial charge in [-0.05, 0) is 37.1 Å². The average Bonchev–Trinajstić information content (AvgIpc) is 1.84. The predicted octanol–water partition coefficient (Wildman–Crippen LogP) is 2.16. The summed E-state index contributed by atoms with van der Waals surface area (Å²) in [6.07, 6.45) is 5.63. The first-order valence-corrected chi connectivity index (χ1v) is 4.36. The molecule has 0 aromatic rings. The third-order valence-corrected chi connectivity index (χ3v) is 2.80. The van der Waals surface area contributed by atoms with Gasteiger partial charge in [0, 0.05) is 0 Å². The van der Waals surface area contributed by atoms with Gasteiger partial charge < -0.3 is 5.73 Å². The minimum atomic E-state index is 0.665. The van der Waals surface area contributed by atoms with Crippen LogP contribution in [0.25, 0.3) is 0 Å². The quantitative estimate of drug-likeness (QED) is 0.640. The van der Waals surface area contributed by atoms with Crippen molar-refractivity contribution in [2.45, 2.75) is 39.5 Å². The summed E-state index contributed by atoms with van der Waals surface area (Å²) in [5.41, 5.74) is 6.22. The maximum Gasteiger partial charge on any atom is -0.00513 e. The molecule has 0 bridgehead atoms. The molecule has 1 unspecified atom stereocenters. The molecule has 0 aromatic heterocycles. The zero-order valence-electron chi connectivity index (χ0n) is 7.19. The molecule has 1 heteroatoms. The van der Waals surface area contributed by atoms with Crippen molar-refractivity contribution in [3.8, 4) is 0 Å². The van der Waals surface area contributed by atoms with E-state index in [1.54, 1.807) is 0 Å². The zero-order valence-corrected chi connectivity index (χ0v) is 7.19. The Balaban J connectivity index is 2.22. The van der Waals surface area contributed by atoms with Crippen LogP contribution in [-0.4, -0.2) is 6.54 Å². The largest absolute Gasteiger partial charge is 0.330 e. The summed E-state index contributed by atoms with van der Waals surface area (Å²) >= 11 is 0. The molecule has 1 fully saturated rings. The second-order valence-electron chi connectivity index (χ2n) is 4.21. The highest BCUT2D eigenvalue weighted by molar-refractivity contribution is 4.84. The van der Waals surface area contributed by atoms with Crippen LogP contribution in [0.4, 0.5) is 0 Å². The third kappa shape index (κ3) is 1.72. The third-order valence-electron chi connectivity index (χ3n) is 2.80. The average molecular weight is 141 g/mol. The second kappa shape index (κ2) is 2.91. The molecule has 1 aliphatic rings. The standard InChI is InChI=1S/C9H19N/c1-8(7-10)6-9(2)4-3-5-9/h8H,3-7,10H2,1-2H3. The Morgan fingerprint density at radius 2 is 2.10 bits per heavy atom. The van der Waals surface area contributed by atoms with E-state index in [1.165, 1.54) is 25.7 Å². The highest BCUT2D eigenvalue weighted by atomic mass is 14.5. The van der Waals surface area contributed by atoms with Crippen molar-refractivity contribution in [3.05, 3.63) is 0 Å². The summed E-state index contributed by atoms with van der Waals surface area (Å²) in [7, 11) is 0. The van der Waals surface area contributed by atoms with Crippen LogP contribution in [0.15, 0.2) is 0 Å². The SMILES string of the molecule is CC(CN)CC1(C)CCC1. The van der Waals surface area contributed by atoms with Crippen LogP contribution in [0.1, 0.15) is 39.5 Å². The molecule has 1 atom stereocenters. The molecule has 10 heavy (non-hydrogen) atoms. The summed E-state index contributed by atoms with van der Waals surface area (Å²) in [4.78, 5) is 0. The molecule has 0 saturated heterocycles. The van der Waals surface area contributed by atoms with Gasteiger partial charge in [0.15, 0.2) is 0 Å². The van der Waals surface area contributed by atoms with E-state index in [-0.39, 0.29) is 0 Å². The Hall–Kier alpha value is -0.0400. The first-order valence-electron chi connectivity index (χ1n) is 4.36. The van der Waals surface area contributed by atoms with Crippen molar-refractivity contribution >= 4 is 0 Å². The Labute approximate surface area is 64.0 Å². The van der Waals surface area contributed by atoms with E-state index in [0.717, 1.165) is 12.5 Å². The minimum absolute atomic E-state index is 0.665. The zero-order chi connectivity index (χ0) is 7.61. The van der Waals surface area contributed by atoms with E-state index in [0.29, 0.717) is 5.41 Å². The van der Waals surface area contributed by atoms with Crippen molar-refractivity contribution in [2.24, 2.45) is 17.1 Å². The molecular weight excluding hydrogens is 122 g/mol. The van der Waals surface area contributed by atoms with Gasteiger partial charge >= 0.3 is 0 Å². The van der Waals surface area contributed by atoms with Gasteiger partial charge in [-0.1, -0.05) is 20.3 Å². The number of nitrogens with two attached hydrogens (primary N) is 1. The van der Waals surface area contributed by atoms with Crippen LogP contribution < -0.4 is 5.73 Å². The van der Waals surface area contributed by atoms with E-state index >= 15 is 0 Å². The maximum atomic E-state index is 5.56.